The van der Waals surface area contributed by atoms with Crippen LogP contribution in [-0.4, -0.2) is 12.5 Å². The Morgan fingerprint density at radius 1 is 1.18 bits per heavy atom. The van der Waals surface area contributed by atoms with Gasteiger partial charge in [0, 0.05) is 27.7 Å². The first-order valence-electron chi connectivity index (χ1n) is 7.20. The van der Waals surface area contributed by atoms with Gasteiger partial charge in [-0.1, -0.05) is 34.1 Å². The summed E-state index contributed by atoms with van der Waals surface area (Å²) in [4.78, 5) is 14.4. The first kappa shape index (κ1) is 14.9. The number of fused-ring (bicyclic) bond motifs is 1. The Bertz CT molecular complexity index is 795. The van der Waals surface area contributed by atoms with Gasteiger partial charge in [-0.05, 0) is 37.3 Å². The Balaban J connectivity index is 1.87. The van der Waals surface area contributed by atoms with Crippen molar-refractivity contribution >= 4 is 38.5 Å². The molecule has 0 aliphatic heterocycles. The molecule has 22 heavy (non-hydrogen) atoms. The number of halogens is 1. The van der Waals surface area contributed by atoms with Crippen LogP contribution in [0.5, 0.6) is 0 Å². The van der Waals surface area contributed by atoms with Gasteiger partial charge in [0.2, 0.25) is 5.91 Å². The van der Waals surface area contributed by atoms with E-state index in [1.807, 2.05) is 55.5 Å². The summed E-state index contributed by atoms with van der Waals surface area (Å²) in [6, 6.07) is 15.5. The lowest BCUT2D eigenvalue weighted by atomic mass is 10.1. The van der Waals surface area contributed by atoms with Gasteiger partial charge >= 0.3 is 0 Å². The maximum Gasteiger partial charge on any atom is 0.231 e. The van der Waals surface area contributed by atoms with E-state index in [9.17, 15) is 4.79 Å². The van der Waals surface area contributed by atoms with Crippen molar-refractivity contribution in [2.24, 2.45) is 0 Å². The fraction of sp³-hybridized carbons (Fsp3) is 0.167. The van der Waals surface area contributed by atoms with Gasteiger partial charge in [0.05, 0.1) is 12.7 Å². The lowest BCUT2D eigenvalue weighted by Gasteiger charge is -2.20. The molecule has 1 heterocycles. The van der Waals surface area contributed by atoms with Crippen LogP contribution in [0.2, 0.25) is 0 Å². The van der Waals surface area contributed by atoms with E-state index >= 15 is 0 Å². The largest absolute Gasteiger partial charge is 0.464 e. The number of amides is 1. The molecule has 1 aromatic heterocycles. The van der Waals surface area contributed by atoms with Crippen LogP contribution >= 0.6 is 15.9 Å². The standard InChI is InChI=1S/C18H16BrNO2/c1-2-20(15-6-4-3-5-7-15)18(21)10-13-12-22-17-9-8-14(19)11-16(13)17/h3-9,11-12H,2,10H2,1H3. The number of benzene rings is 2. The number of hydrogen-bond donors (Lipinski definition) is 0. The molecule has 0 N–H and O–H groups in total. The second-order valence-electron chi connectivity index (χ2n) is 5.05. The Morgan fingerprint density at radius 2 is 1.95 bits per heavy atom. The SMILES string of the molecule is CCN(C(=O)Cc1coc2ccc(Br)cc12)c1ccccc1. The molecule has 0 aliphatic carbocycles. The number of carbonyl (C=O) groups excluding carboxylic acids is 1. The zero-order valence-electron chi connectivity index (χ0n) is 12.3. The Morgan fingerprint density at radius 3 is 2.68 bits per heavy atom. The van der Waals surface area contributed by atoms with Gasteiger partial charge in [-0.3, -0.25) is 4.79 Å². The maximum atomic E-state index is 12.6. The van der Waals surface area contributed by atoms with Crippen LogP contribution in [0, 0.1) is 0 Å². The highest BCUT2D eigenvalue weighted by Crippen LogP contribution is 2.26. The van der Waals surface area contributed by atoms with E-state index in [1.54, 1.807) is 11.2 Å². The fourth-order valence-electron chi connectivity index (χ4n) is 2.56. The minimum Gasteiger partial charge on any atom is -0.464 e. The summed E-state index contributed by atoms with van der Waals surface area (Å²) >= 11 is 3.46. The molecule has 3 aromatic rings. The molecule has 0 spiro atoms. The van der Waals surface area contributed by atoms with Crippen molar-refractivity contribution in [3.05, 3.63) is 64.8 Å². The number of nitrogens with zero attached hydrogens (tertiary/aromatic N) is 1. The van der Waals surface area contributed by atoms with Crippen molar-refractivity contribution in [1.29, 1.82) is 0 Å². The van der Waals surface area contributed by atoms with Crippen molar-refractivity contribution in [2.45, 2.75) is 13.3 Å². The average Bonchev–Trinajstić information content (AvgIpc) is 2.91. The minimum absolute atomic E-state index is 0.0661. The van der Waals surface area contributed by atoms with Crippen LogP contribution in [0.3, 0.4) is 0 Å². The van der Waals surface area contributed by atoms with Gasteiger partial charge in [-0.25, -0.2) is 0 Å². The van der Waals surface area contributed by atoms with Gasteiger partial charge in [-0.2, -0.15) is 0 Å². The zero-order valence-corrected chi connectivity index (χ0v) is 13.8. The second-order valence-corrected chi connectivity index (χ2v) is 5.97. The quantitative estimate of drug-likeness (QED) is 0.672. The fourth-order valence-corrected chi connectivity index (χ4v) is 2.92. The number of carbonyl (C=O) groups is 1. The number of furan rings is 1. The lowest BCUT2D eigenvalue weighted by Crippen LogP contribution is -2.31. The molecule has 0 saturated carbocycles. The molecule has 0 saturated heterocycles. The third-order valence-corrected chi connectivity index (χ3v) is 4.14. The van der Waals surface area contributed by atoms with Gasteiger partial charge in [-0.15, -0.1) is 0 Å². The lowest BCUT2D eigenvalue weighted by molar-refractivity contribution is -0.117. The molecule has 0 fully saturated rings. The number of para-hydroxylation sites is 1. The molecule has 0 unspecified atom stereocenters. The summed E-state index contributed by atoms with van der Waals surface area (Å²) in [5.74, 6) is 0.0661. The third kappa shape index (κ3) is 2.92. The highest BCUT2D eigenvalue weighted by molar-refractivity contribution is 9.10. The molecular formula is C18H16BrNO2. The summed E-state index contributed by atoms with van der Waals surface area (Å²) in [5.41, 5.74) is 2.63. The van der Waals surface area contributed by atoms with Crippen molar-refractivity contribution in [3.63, 3.8) is 0 Å². The van der Waals surface area contributed by atoms with Crippen LogP contribution in [0.4, 0.5) is 5.69 Å². The smallest absolute Gasteiger partial charge is 0.231 e. The van der Waals surface area contributed by atoms with Crippen LogP contribution < -0.4 is 4.90 Å². The zero-order chi connectivity index (χ0) is 15.5. The van der Waals surface area contributed by atoms with E-state index in [0.717, 1.165) is 26.7 Å². The van der Waals surface area contributed by atoms with Gasteiger partial charge < -0.3 is 9.32 Å². The first-order chi connectivity index (χ1) is 10.7. The van der Waals surface area contributed by atoms with Gasteiger partial charge in [0.15, 0.2) is 0 Å². The van der Waals surface area contributed by atoms with Gasteiger partial charge in [0.1, 0.15) is 5.58 Å². The van der Waals surface area contributed by atoms with Crippen LogP contribution in [0.1, 0.15) is 12.5 Å². The first-order valence-corrected chi connectivity index (χ1v) is 7.99. The molecule has 0 aliphatic rings. The average molecular weight is 358 g/mol. The molecule has 112 valence electrons. The maximum absolute atomic E-state index is 12.6. The summed E-state index contributed by atoms with van der Waals surface area (Å²) in [5, 5.41) is 0.979. The third-order valence-electron chi connectivity index (χ3n) is 3.64. The van der Waals surface area contributed by atoms with E-state index < -0.39 is 0 Å². The van der Waals surface area contributed by atoms with Crippen molar-refractivity contribution < 1.29 is 9.21 Å². The van der Waals surface area contributed by atoms with Crippen LogP contribution in [0.15, 0.2) is 63.7 Å². The molecular weight excluding hydrogens is 342 g/mol. The number of rotatable bonds is 4. The normalized spacial score (nSPS) is 10.8. The minimum atomic E-state index is 0.0661. The van der Waals surface area contributed by atoms with E-state index in [-0.39, 0.29) is 5.91 Å². The predicted octanol–water partition coefficient (Wildman–Crippen LogP) is 4.79. The van der Waals surface area contributed by atoms with Crippen LogP contribution in [0.25, 0.3) is 11.0 Å². The summed E-state index contributed by atoms with van der Waals surface area (Å²) < 4.78 is 6.51. The molecule has 0 radical (unpaired) electrons. The Kier molecular flexibility index (Phi) is 4.29. The molecule has 0 bridgehead atoms. The van der Waals surface area contributed by atoms with E-state index in [2.05, 4.69) is 15.9 Å². The molecule has 1 amide bonds. The Labute approximate surface area is 137 Å². The number of anilines is 1. The van der Waals surface area contributed by atoms with Crippen molar-refractivity contribution in [1.82, 2.24) is 0 Å². The Hall–Kier alpha value is -2.07. The highest BCUT2D eigenvalue weighted by Gasteiger charge is 2.17. The van der Waals surface area contributed by atoms with Crippen molar-refractivity contribution in [2.75, 3.05) is 11.4 Å². The monoisotopic (exact) mass is 357 g/mol. The van der Waals surface area contributed by atoms with E-state index in [4.69, 9.17) is 4.42 Å². The topological polar surface area (TPSA) is 33.5 Å². The summed E-state index contributed by atoms with van der Waals surface area (Å²) in [6.45, 7) is 2.62. The molecule has 2 aromatic carbocycles. The molecule has 4 heteroatoms. The summed E-state index contributed by atoms with van der Waals surface area (Å²) in [6.07, 6.45) is 2.00. The summed E-state index contributed by atoms with van der Waals surface area (Å²) in [7, 11) is 0. The van der Waals surface area contributed by atoms with Crippen molar-refractivity contribution in [3.8, 4) is 0 Å². The number of hydrogen-bond acceptors (Lipinski definition) is 2. The second kappa shape index (κ2) is 6.36. The van der Waals surface area contributed by atoms with Gasteiger partial charge in [0.25, 0.3) is 0 Å². The predicted molar refractivity (Wildman–Crippen MR) is 92.1 cm³/mol. The number of likely N-dealkylation sites (N-methyl/N-ethyl adjacent to an activating group) is 1. The van der Waals surface area contributed by atoms with E-state index in [1.165, 1.54) is 0 Å². The highest BCUT2D eigenvalue weighted by atomic mass is 79.9. The van der Waals surface area contributed by atoms with E-state index in [0.29, 0.717) is 13.0 Å². The molecule has 3 nitrogen and oxygen atoms in total. The molecule has 0 atom stereocenters. The van der Waals surface area contributed by atoms with Crippen LogP contribution in [-0.2, 0) is 11.2 Å². The molecule has 3 rings (SSSR count).